The summed E-state index contributed by atoms with van der Waals surface area (Å²) in [6.07, 6.45) is 1.81. The van der Waals surface area contributed by atoms with Crippen LogP contribution < -0.4 is 14.8 Å². The minimum atomic E-state index is -0.177. The van der Waals surface area contributed by atoms with Crippen molar-refractivity contribution < 1.29 is 14.3 Å². The number of benzene rings is 3. The summed E-state index contributed by atoms with van der Waals surface area (Å²) in [4.78, 5) is 17.4. The summed E-state index contributed by atoms with van der Waals surface area (Å²) in [6, 6.07) is 21.0. The van der Waals surface area contributed by atoms with Crippen LogP contribution in [0.5, 0.6) is 11.5 Å². The maximum atomic E-state index is 12.4. The zero-order chi connectivity index (χ0) is 22.5. The van der Waals surface area contributed by atoms with Crippen molar-refractivity contribution in [2.24, 2.45) is 4.99 Å². The van der Waals surface area contributed by atoms with Gasteiger partial charge < -0.3 is 14.8 Å². The SMILES string of the molecule is COc1cc(/C=C2\SC(=Nc3ccccc3)NC2=O)ccc1OCc1ccc(Br)cc1Br. The second-order valence-corrected chi connectivity index (χ2v) is 9.55. The molecule has 32 heavy (non-hydrogen) atoms. The molecule has 1 heterocycles. The van der Waals surface area contributed by atoms with E-state index in [0.717, 1.165) is 25.8 Å². The monoisotopic (exact) mass is 572 g/mol. The number of thioether (sulfide) groups is 1. The Morgan fingerprint density at radius 1 is 1.03 bits per heavy atom. The van der Waals surface area contributed by atoms with Crippen molar-refractivity contribution in [2.45, 2.75) is 6.61 Å². The number of halogens is 2. The maximum Gasteiger partial charge on any atom is 0.264 e. The van der Waals surface area contributed by atoms with Gasteiger partial charge in [-0.3, -0.25) is 4.79 Å². The van der Waals surface area contributed by atoms with E-state index in [4.69, 9.17) is 9.47 Å². The first-order valence-corrected chi connectivity index (χ1v) is 12.0. The molecule has 8 heteroatoms. The topological polar surface area (TPSA) is 59.9 Å². The molecule has 0 unspecified atom stereocenters. The molecule has 1 aliphatic heterocycles. The smallest absolute Gasteiger partial charge is 0.264 e. The van der Waals surface area contributed by atoms with E-state index in [2.05, 4.69) is 42.2 Å². The summed E-state index contributed by atoms with van der Waals surface area (Å²) >= 11 is 8.30. The quantitative estimate of drug-likeness (QED) is 0.334. The van der Waals surface area contributed by atoms with Gasteiger partial charge >= 0.3 is 0 Å². The van der Waals surface area contributed by atoms with Gasteiger partial charge in [-0.05, 0) is 59.8 Å². The van der Waals surface area contributed by atoms with Gasteiger partial charge in [0.1, 0.15) is 6.61 Å². The normalized spacial score (nSPS) is 15.8. The van der Waals surface area contributed by atoms with Gasteiger partial charge in [0, 0.05) is 14.5 Å². The van der Waals surface area contributed by atoms with Gasteiger partial charge in [0.2, 0.25) is 0 Å². The number of aliphatic imine (C=N–C) groups is 1. The minimum Gasteiger partial charge on any atom is -0.493 e. The fraction of sp³-hybridized carbons (Fsp3) is 0.0833. The lowest BCUT2D eigenvalue weighted by molar-refractivity contribution is -0.115. The van der Waals surface area contributed by atoms with Crippen molar-refractivity contribution in [2.75, 3.05) is 7.11 Å². The first-order valence-electron chi connectivity index (χ1n) is 9.61. The zero-order valence-corrected chi connectivity index (χ0v) is 21.0. The van der Waals surface area contributed by atoms with Gasteiger partial charge in [-0.2, -0.15) is 0 Å². The van der Waals surface area contributed by atoms with E-state index in [0.29, 0.717) is 28.2 Å². The van der Waals surface area contributed by atoms with Gasteiger partial charge in [-0.1, -0.05) is 62.2 Å². The van der Waals surface area contributed by atoms with Crippen LogP contribution in [0.3, 0.4) is 0 Å². The van der Waals surface area contributed by atoms with Crippen molar-refractivity contribution in [3.63, 3.8) is 0 Å². The summed E-state index contributed by atoms with van der Waals surface area (Å²) in [5.74, 6) is 1.04. The van der Waals surface area contributed by atoms with E-state index in [1.807, 2.05) is 72.8 Å². The fourth-order valence-corrected chi connectivity index (χ4v) is 4.94. The average molecular weight is 574 g/mol. The Balaban J connectivity index is 1.49. The molecule has 1 amide bonds. The largest absolute Gasteiger partial charge is 0.493 e. The van der Waals surface area contributed by atoms with Crippen LogP contribution in [0, 0.1) is 0 Å². The Kier molecular flexibility index (Phi) is 7.34. The van der Waals surface area contributed by atoms with Crippen molar-refractivity contribution >= 4 is 66.5 Å². The Morgan fingerprint density at radius 3 is 2.59 bits per heavy atom. The molecule has 1 saturated heterocycles. The number of hydrogen-bond donors (Lipinski definition) is 1. The number of para-hydroxylation sites is 1. The second kappa shape index (κ2) is 10.4. The highest BCUT2D eigenvalue weighted by atomic mass is 79.9. The minimum absolute atomic E-state index is 0.177. The van der Waals surface area contributed by atoms with E-state index in [1.54, 1.807) is 7.11 Å². The summed E-state index contributed by atoms with van der Waals surface area (Å²) in [6.45, 7) is 0.391. The lowest BCUT2D eigenvalue weighted by atomic mass is 10.2. The van der Waals surface area contributed by atoms with Gasteiger partial charge in [-0.15, -0.1) is 0 Å². The molecule has 0 atom stereocenters. The summed E-state index contributed by atoms with van der Waals surface area (Å²) in [7, 11) is 1.59. The maximum absolute atomic E-state index is 12.4. The van der Waals surface area contributed by atoms with Crippen LogP contribution in [0.15, 0.2) is 85.6 Å². The third-order valence-corrected chi connectivity index (χ3v) is 6.66. The number of carbonyl (C=O) groups is 1. The highest BCUT2D eigenvalue weighted by molar-refractivity contribution is 9.11. The van der Waals surface area contributed by atoms with E-state index in [1.165, 1.54) is 11.8 Å². The Labute approximate surface area is 207 Å². The van der Waals surface area contributed by atoms with Gasteiger partial charge in [0.05, 0.1) is 17.7 Å². The summed E-state index contributed by atoms with van der Waals surface area (Å²) in [5.41, 5.74) is 2.64. The van der Waals surface area contributed by atoms with Gasteiger partial charge in [0.25, 0.3) is 5.91 Å². The third-order valence-electron chi connectivity index (χ3n) is 4.52. The number of nitrogens with one attached hydrogen (secondary N) is 1. The fourth-order valence-electron chi connectivity index (χ4n) is 2.94. The van der Waals surface area contributed by atoms with Crippen LogP contribution in [0.1, 0.15) is 11.1 Å². The van der Waals surface area contributed by atoms with Crippen LogP contribution in [0.2, 0.25) is 0 Å². The molecular formula is C24H18Br2N2O3S. The van der Waals surface area contributed by atoms with E-state index < -0.39 is 0 Å². The summed E-state index contributed by atoms with van der Waals surface area (Å²) < 4.78 is 13.4. The lowest BCUT2D eigenvalue weighted by Gasteiger charge is -2.12. The molecule has 162 valence electrons. The predicted octanol–water partition coefficient (Wildman–Crippen LogP) is 6.69. The first kappa shape index (κ1) is 22.6. The molecule has 0 aromatic heterocycles. The van der Waals surface area contributed by atoms with Crippen molar-refractivity contribution in [3.8, 4) is 11.5 Å². The van der Waals surface area contributed by atoms with E-state index >= 15 is 0 Å². The number of nitrogens with zero attached hydrogens (tertiary/aromatic N) is 1. The molecule has 0 radical (unpaired) electrons. The lowest BCUT2D eigenvalue weighted by Crippen LogP contribution is -2.19. The molecule has 0 bridgehead atoms. The van der Waals surface area contributed by atoms with Crippen LogP contribution in [0.25, 0.3) is 6.08 Å². The molecule has 1 aliphatic rings. The summed E-state index contributed by atoms with van der Waals surface area (Å²) in [5, 5.41) is 3.36. The Hall–Kier alpha value is -2.55. The molecule has 4 rings (SSSR count). The molecule has 3 aromatic carbocycles. The highest BCUT2D eigenvalue weighted by Gasteiger charge is 2.24. The second-order valence-electron chi connectivity index (χ2n) is 6.75. The van der Waals surface area contributed by atoms with Gasteiger partial charge in [-0.25, -0.2) is 4.99 Å². The number of methoxy groups -OCH3 is 1. The van der Waals surface area contributed by atoms with Crippen LogP contribution in [0.4, 0.5) is 5.69 Å². The highest BCUT2D eigenvalue weighted by Crippen LogP contribution is 2.33. The van der Waals surface area contributed by atoms with E-state index in [9.17, 15) is 4.79 Å². The molecule has 0 spiro atoms. The Bertz CT molecular complexity index is 1210. The van der Waals surface area contributed by atoms with Crippen molar-refractivity contribution in [1.82, 2.24) is 5.32 Å². The number of amidine groups is 1. The number of rotatable bonds is 6. The van der Waals surface area contributed by atoms with Gasteiger partial charge in [0.15, 0.2) is 16.7 Å². The predicted molar refractivity (Wildman–Crippen MR) is 136 cm³/mol. The number of hydrogen-bond acceptors (Lipinski definition) is 5. The molecular weight excluding hydrogens is 556 g/mol. The van der Waals surface area contributed by atoms with Crippen LogP contribution >= 0.6 is 43.6 Å². The molecule has 0 aliphatic carbocycles. The zero-order valence-electron chi connectivity index (χ0n) is 17.0. The Morgan fingerprint density at radius 2 is 1.84 bits per heavy atom. The molecule has 1 N–H and O–H groups in total. The molecule has 1 fully saturated rings. The average Bonchev–Trinajstić information content (AvgIpc) is 3.12. The number of carbonyl (C=O) groups excluding carboxylic acids is 1. The number of ether oxygens (including phenoxy) is 2. The third kappa shape index (κ3) is 5.62. The van der Waals surface area contributed by atoms with Crippen molar-refractivity contribution in [1.29, 1.82) is 0 Å². The van der Waals surface area contributed by atoms with Crippen LogP contribution in [-0.4, -0.2) is 18.2 Å². The van der Waals surface area contributed by atoms with E-state index in [-0.39, 0.29) is 5.91 Å². The standard InChI is InChI=1S/C24H18Br2N2O3S/c1-30-21-11-15(7-10-20(21)31-14-16-8-9-17(25)13-19(16)26)12-22-23(29)28-24(32-22)27-18-5-3-2-4-6-18/h2-13H,14H2,1H3,(H,27,28,29)/b22-12-. The molecule has 0 saturated carbocycles. The van der Waals surface area contributed by atoms with Crippen LogP contribution in [-0.2, 0) is 11.4 Å². The number of amides is 1. The first-order chi connectivity index (χ1) is 15.5. The molecule has 3 aromatic rings. The van der Waals surface area contributed by atoms with Crippen molar-refractivity contribution in [3.05, 3.63) is 91.7 Å². The molecule has 5 nitrogen and oxygen atoms in total.